The molecule has 2 N–H and O–H groups in total. The van der Waals surface area contributed by atoms with Crippen LogP contribution >= 0.6 is 11.3 Å². The molecule has 2 amide bonds. The standard InChI is InChI=1S/C15H21N5O2S/c1-2-20-8-11(6-18-20)14-13(4-3-5-22-14)19-15(21)16-7-12-9-23-10-17-12/h6,8-10,13-14H,2-5,7H2,1H3,(H2,16,19,21)/t13-,14+/m0/s1. The van der Waals surface area contributed by atoms with Gasteiger partial charge in [0.05, 0.1) is 30.0 Å². The molecule has 0 bridgehead atoms. The summed E-state index contributed by atoms with van der Waals surface area (Å²) >= 11 is 1.52. The molecule has 0 aliphatic carbocycles. The van der Waals surface area contributed by atoms with Crippen LogP contribution in [0.5, 0.6) is 0 Å². The number of nitrogens with zero attached hydrogens (tertiary/aromatic N) is 3. The summed E-state index contributed by atoms with van der Waals surface area (Å²) in [7, 11) is 0. The van der Waals surface area contributed by atoms with Gasteiger partial charge in [-0.1, -0.05) is 0 Å². The van der Waals surface area contributed by atoms with Crippen molar-refractivity contribution in [3.63, 3.8) is 0 Å². The molecule has 2 atom stereocenters. The van der Waals surface area contributed by atoms with Crippen molar-refractivity contribution in [3.05, 3.63) is 34.5 Å². The Morgan fingerprint density at radius 3 is 3.22 bits per heavy atom. The molecule has 0 aromatic carbocycles. The summed E-state index contributed by atoms with van der Waals surface area (Å²) in [5.74, 6) is 0. The van der Waals surface area contributed by atoms with Crippen LogP contribution in [0.4, 0.5) is 4.79 Å². The Balaban J connectivity index is 1.58. The highest BCUT2D eigenvalue weighted by Gasteiger charge is 2.29. The molecule has 0 unspecified atom stereocenters. The number of carbonyl (C=O) groups excluding carboxylic acids is 1. The monoisotopic (exact) mass is 335 g/mol. The SMILES string of the molecule is CCn1cc([C@H]2OCCC[C@@H]2NC(=O)NCc2cscn2)cn1. The number of aromatic nitrogens is 3. The summed E-state index contributed by atoms with van der Waals surface area (Å²) in [6.45, 7) is 4.00. The topological polar surface area (TPSA) is 81.1 Å². The Hall–Kier alpha value is -1.93. The fourth-order valence-electron chi connectivity index (χ4n) is 2.67. The largest absolute Gasteiger partial charge is 0.371 e. The van der Waals surface area contributed by atoms with Gasteiger partial charge in [-0.25, -0.2) is 9.78 Å². The van der Waals surface area contributed by atoms with Crippen molar-refractivity contribution in [3.8, 4) is 0 Å². The molecule has 8 heteroatoms. The molecule has 0 saturated carbocycles. The lowest BCUT2D eigenvalue weighted by atomic mass is 9.98. The van der Waals surface area contributed by atoms with E-state index in [1.807, 2.05) is 29.4 Å². The van der Waals surface area contributed by atoms with Crippen LogP contribution in [-0.4, -0.2) is 33.4 Å². The lowest BCUT2D eigenvalue weighted by Gasteiger charge is -2.31. The van der Waals surface area contributed by atoms with Crippen LogP contribution < -0.4 is 10.6 Å². The molecule has 2 aromatic heterocycles. The van der Waals surface area contributed by atoms with Gasteiger partial charge in [0, 0.05) is 30.3 Å². The fourth-order valence-corrected chi connectivity index (χ4v) is 3.23. The van der Waals surface area contributed by atoms with Crippen LogP contribution in [0.3, 0.4) is 0 Å². The number of urea groups is 1. The second-order valence-corrected chi connectivity index (χ2v) is 6.19. The number of carbonyl (C=O) groups is 1. The summed E-state index contributed by atoms with van der Waals surface area (Å²) in [5, 5.41) is 12.1. The molecule has 1 saturated heterocycles. The van der Waals surface area contributed by atoms with Gasteiger partial charge in [0.1, 0.15) is 6.10 Å². The van der Waals surface area contributed by atoms with E-state index < -0.39 is 0 Å². The third-order valence-electron chi connectivity index (χ3n) is 3.86. The Kier molecular flexibility index (Phi) is 5.24. The van der Waals surface area contributed by atoms with Crippen molar-refractivity contribution < 1.29 is 9.53 Å². The highest BCUT2D eigenvalue weighted by atomic mass is 32.1. The average Bonchev–Trinajstić information content (AvgIpc) is 3.25. The Labute approximate surface area is 139 Å². The van der Waals surface area contributed by atoms with Gasteiger partial charge in [0.2, 0.25) is 0 Å². The first kappa shape index (κ1) is 15.9. The van der Waals surface area contributed by atoms with E-state index in [0.29, 0.717) is 13.2 Å². The first-order valence-corrected chi connectivity index (χ1v) is 8.76. The van der Waals surface area contributed by atoms with Gasteiger partial charge in [0.15, 0.2) is 0 Å². The van der Waals surface area contributed by atoms with E-state index >= 15 is 0 Å². The summed E-state index contributed by atoms with van der Waals surface area (Å²) in [6, 6.07) is -0.241. The van der Waals surface area contributed by atoms with Gasteiger partial charge in [0.25, 0.3) is 0 Å². The molecule has 124 valence electrons. The second kappa shape index (κ2) is 7.56. The Morgan fingerprint density at radius 1 is 1.57 bits per heavy atom. The molecule has 2 aromatic rings. The van der Waals surface area contributed by atoms with Crippen molar-refractivity contribution in [1.82, 2.24) is 25.4 Å². The summed E-state index contributed by atoms with van der Waals surface area (Å²) in [6.07, 6.45) is 5.50. The number of nitrogens with one attached hydrogen (secondary N) is 2. The maximum atomic E-state index is 12.1. The average molecular weight is 335 g/mol. The van der Waals surface area contributed by atoms with Crippen LogP contribution in [0, 0.1) is 0 Å². The quantitative estimate of drug-likeness (QED) is 0.876. The number of hydrogen-bond donors (Lipinski definition) is 2. The minimum atomic E-state index is -0.193. The van der Waals surface area contributed by atoms with Crippen LogP contribution in [0.25, 0.3) is 0 Å². The van der Waals surface area contributed by atoms with Gasteiger partial charge in [-0.15, -0.1) is 11.3 Å². The second-order valence-electron chi connectivity index (χ2n) is 5.48. The summed E-state index contributed by atoms with van der Waals surface area (Å²) in [4.78, 5) is 16.3. The predicted molar refractivity (Wildman–Crippen MR) is 87.1 cm³/mol. The van der Waals surface area contributed by atoms with Crippen LogP contribution in [0.15, 0.2) is 23.3 Å². The van der Waals surface area contributed by atoms with Crippen molar-refractivity contribution in [2.24, 2.45) is 0 Å². The normalized spacial score (nSPS) is 21.1. The molecular weight excluding hydrogens is 314 g/mol. The molecule has 1 aliphatic rings. The number of hydrogen-bond acceptors (Lipinski definition) is 5. The number of aryl methyl sites for hydroxylation is 1. The van der Waals surface area contributed by atoms with Gasteiger partial charge in [-0.05, 0) is 19.8 Å². The molecule has 1 aliphatic heterocycles. The number of ether oxygens (including phenoxy) is 1. The van der Waals surface area contributed by atoms with Crippen LogP contribution in [-0.2, 0) is 17.8 Å². The lowest BCUT2D eigenvalue weighted by Crippen LogP contribution is -2.46. The molecule has 3 rings (SSSR count). The van der Waals surface area contributed by atoms with E-state index in [0.717, 1.165) is 30.6 Å². The van der Waals surface area contributed by atoms with Crippen molar-refractivity contribution in [2.75, 3.05) is 6.61 Å². The highest BCUT2D eigenvalue weighted by Crippen LogP contribution is 2.28. The lowest BCUT2D eigenvalue weighted by molar-refractivity contribution is -0.00748. The summed E-state index contributed by atoms with van der Waals surface area (Å²) in [5.41, 5.74) is 3.63. The van der Waals surface area contributed by atoms with E-state index in [2.05, 4.69) is 20.7 Å². The van der Waals surface area contributed by atoms with E-state index in [-0.39, 0.29) is 18.2 Å². The maximum absolute atomic E-state index is 12.1. The van der Waals surface area contributed by atoms with Crippen LogP contribution in [0.2, 0.25) is 0 Å². The first-order valence-electron chi connectivity index (χ1n) is 7.81. The maximum Gasteiger partial charge on any atom is 0.315 e. The number of rotatable bonds is 5. The molecule has 0 radical (unpaired) electrons. The third kappa shape index (κ3) is 4.08. The Bertz CT molecular complexity index is 628. The van der Waals surface area contributed by atoms with Crippen molar-refractivity contribution in [1.29, 1.82) is 0 Å². The van der Waals surface area contributed by atoms with Crippen LogP contribution in [0.1, 0.15) is 37.1 Å². The zero-order valence-corrected chi connectivity index (χ0v) is 13.9. The number of amides is 2. The Morgan fingerprint density at radius 2 is 2.48 bits per heavy atom. The molecule has 7 nitrogen and oxygen atoms in total. The fraction of sp³-hybridized carbons (Fsp3) is 0.533. The number of thiazole rings is 1. The smallest absolute Gasteiger partial charge is 0.315 e. The molecule has 1 fully saturated rings. The predicted octanol–water partition coefficient (Wildman–Crippen LogP) is 2.08. The minimum Gasteiger partial charge on any atom is -0.371 e. The van der Waals surface area contributed by atoms with Crippen molar-refractivity contribution >= 4 is 17.4 Å². The molecule has 3 heterocycles. The third-order valence-corrected chi connectivity index (χ3v) is 4.49. The molecular formula is C15H21N5O2S. The van der Waals surface area contributed by atoms with E-state index in [4.69, 9.17) is 4.74 Å². The van der Waals surface area contributed by atoms with E-state index in [1.165, 1.54) is 11.3 Å². The van der Waals surface area contributed by atoms with Gasteiger partial charge < -0.3 is 15.4 Å². The molecule has 23 heavy (non-hydrogen) atoms. The van der Waals surface area contributed by atoms with Crippen molar-refractivity contribution in [2.45, 2.75) is 45.0 Å². The van der Waals surface area contributed by atoms with E-state index in [1.54, 1.807) is 5.51 Å². The van der Waals surface area contributed by atoms with Gasteiger partial charge in [-0.2, -0.15) is 5.10 Å². The van der Waals surface area contributed by atoms with Gasteiger partial charge in [-0.3, -0.25) is 4.68 Å². The minimum absolute atomic E-state index is 0.0475. The van der Waals surface area contributed by atoms with Gasteiger partial charge >= 0.3 is 6.03 Å². The zero-order valence-electron chi connectivity index (χ0n) is 13.1. The highest BCUT2D eigenvalue weighted by molar-refractivity contribution is 7.07. The summed E-state index contributed by atoms with van der Waals surface area (Å²) < 4.78 is 7.75. The zero-order chi connectivity index (χ0) is 16.1. The molecule has 0 spiro atoms. The first-order chi connectivity index (χ1) is 11.3. The van der Waals surface area contributed by atoms with E-state index in [9.17, 15) is 4.79 Å².